The minimum absolute atomic E-state index is 0.113. The zero-order valence-electron chi connectivity index (χ0n) is 11.7. The topological polar surface area (TPSA) is 83.9 Å². The fraction of sp³-hybridized carbons (Fsp3) is 0.538. The van der Waals surface area contributed by atoms with Crippen molar-refractivity contribution in [1.82, 2.24) is 9.88 Å². The van der Waals surface area contributed by atoms with Crippen molar-refractivity contribution in [2.45, 2.75) is 25.8 Å². The molecule has 1 N–H and O–H groups in total. The number of likely N-dealkylation sites (tertiary alicyclic amines) is 1. The van der Waals surface area contributed by atoms with Crippen molar-refractivity contribution in [2.24, 2.45) is 5.18 Å². The molecule has 7 nitrogen and oxygen atoms in total. The number of carbonyl (C=O) groups excluding carboxylic acids is 1. The molecule has 1 aromatic rings. The van der Waals surface area contributed by atoms with Gasteiger partial charge in [0.25, 0.3) is 0 Å². The van der Waals surface area contributed by atoms with Gasteiger partial charge >= 0.3 is 6.09 Å². The number of ether oxygens (including phenoxy) is 1. The summed E-state index contributed by atoms with van der Waals surface area (Å²) in [6.45, 7) is 3.35. The van der Waals surface area contributed by atoms with Crippen LogP contribution in [0.1, 0.15) is 19.8 Å². The first kappa shape index (κ1) is 15.5. The molecule has 2 heterocycles. The summed E-state index contributed by atoms with van der Waals surface area (Å²) < 4.78 is 4.97. The number of nitrogens with one attached hydrogen (secondary N) is 1. The first-order valence-corrected chi connectivity index (χ1v) is 7.20. The van der Waals surface area contributed by atoms with E-state index in [1.165, 1.54) is 12.1 Å². The lowest BCUT2D eigenvalue weighted by Gasteiger charge is -2.31. The molecule has 21 heavy (non-hydrogen) atoms. The summed E-state index contributed by atoms with van der Waals surface area (Å²) >= 11 is 5.83. The minimum Gasteiger partial charge on any atom is -0.450 e. The Kier molecular flexibility index (Phi) is 5.32. The standard InChI is InChI=1S/C13H17ClN4O3/c1-2-21-13(19)18-7-5-9(6-8-18)15-12-10(17-20)3-4-11(14)16-12/h3-4,9H,2,5-8H2,1H3,(H,15,16). The molecule has 1 aliphatic rings. The number of nitrogens with zero attached hydrogens (tertiary/aromatic N) is 3. The number of anilines is 1. The lowest BCUT2D eigenvalue weighted by atomic mass is 10.1. The molecular formula is C13H17ClN4O3. The molecular weight excluding hydrogens is 296 g/mol. The number of aromatic nitrogens is 1. The zero-order valence-corrected chi connectivity index (χ0v) is 12.5. The summed E-state index contributed by atoms with van der Waals surface area (Å²) in [5, 5.41) is 6.39. The highest BCUT2D eigenvalue weighted by molar-refractivity contribution is 6.29. The number of piperidine rings is 1. The van der Waals surface area contributed by atoms with Crippen LogP contribution in [0.25, 0.3) is 0 Å². The van der Waals surface area contributed by atoms with Crippen molar-refractivity contribution in [3.63, 3.8) is 0 Å². The van der Waals surface area contributed by atoms with Gasteiger partial charge in [-0.15, -0.1) is 4.91 Å². The summed E-state index contributed by atoms with van der Waals surface area (Å²) in [5.41, 5.74) is 0.229. The normalized spacial score (nSPS) is 15.6. The summed E-state index contributed by atoms with van der Waals surface area (Å²) in [6, 6.07) is 3.16. The van der Waals surface area contributed by atoms with E-state index in [1.54, 1.807) is 11.8 Å². The Bertz CT molecular complexity index is 518. The van der Waals surface area contributed by atoms with Gasteiger partial charge in [0.15, 0.2) is 5.82 Å². The van der Waals surface area contributed by atoms with E-state index in [-0.39, 0.29) is 17.8 Å². The number of amides is 1. The Morgan fingerprint density at radius 1 is 1.52 bits per heavy atom. The number of hydrogen-bond donors (Lipinski definition) is 1. The van der Waals surface area contributed by atoms with E-state index in [0.717, 1.165) is 12.8 Å². The number of halogens is 1. The number of carbonyl (C=O) groups is 1. The van der Waals surface area contributed by atoms with E-state index in [0.29, 0.717) is 30.7 Å². The zero-order chi connectivity index (χ0) is 15.2. The average molecular weight is 313 g/mol. The lowest BCUT2D eigenvalue weighted by Crippen LogP contribution is -2.42. The van der Waals surface area contributed by atoms with Gasteiger partial charge in [-0.05, 0) is 37.1 Å². The van der Waals surface area contributed by atoms with E-state index in [2.05, 4.69) is 15.5 Å². The second kappa shape index (κ2) is 7.21. The largest absolute Gasteiger partial charge is 0.450 e. The summed E-state index contributed by atoms with van der Waals surface area (Å²) in [5.74, 6) is 0.382. The molecule has 0 aromatic carbocycles. The minimum atomic E-state index is -0.285. The van der Waals surface area contributed by atoms with Crippen LogP contribution in [0.2, 0.25) is 5.15 Å². The maximum atomic E-state index is 11.6. The van der Waals surface area contributed by atoms with E-state index >= 15 is 0 Å². The predicted molar refractivity (Wildman–Crippen MR) is 79.9 cm³/mol. The van der Waals surface area contributed by atoms with Gasteiger partial charge in [0.1, 0.15) is 10.8 Å². The molecule has 1 saturated heterocycles. The molecule has 0 bridgehead atoms. The van der Waals surface area contributed by atoms with Crippen LogP contribution in [0.4, 0.5) is 16.3 Å². The molecule has 0 unspecified atom stereocenters. The average Bonchev–Trinajstić information content (AvgIpc) is 2.48. The Balaban J connectivity index is 1.93. The molecule has 0 aliphatic carbocycles. The quantitative estimate of drug-likeness (QED) is 0.682. The number of hydrogen-bond acceptors (Lipinski definition) is 6. The highest BCUT2D eigenvalue weighted by Crippen LogP contribution is 2.26. The lowest BCUT2D eigenvalue weighted by molar-refractivity contribution is 0.0983. The monoisotopic (exact) mass is 312 g/mol. The van der Waals surface area contributed by atoms with Crippen LogP contribution in [0.15, 0.2) is 17.3 Å². The molecule has 0 atom stereocenters. The van der Waals surface area contributed by atoms with Gasteiger partial charge in [0.2, 0.25) is 0 Å². The molecule has 1 fully saturated rings. The summed E-state index contributed by atoms with van der Waals surface area (Å²) in [7, 11) is 0. The van der Waals surface area contributed by atoms with Crippen molar-refractivity contribution in [1.29, 1.82) is 0 Å². The maximum Gasteiger partial charge on any atom is 0.409 e. The van der Waals surface area contributed by atoms with E-state index < -0.39 is 0 Å². The number of rotatable bonds is 4. The number of nitroso groups, excluding NO2 is 1. The summed E-state index contributed by atoms with van der Waals surface area (Å²) in [4.78, 5) is 28.1. The van der Waals surface area contributed by atoms with Gasteiger partial charge < -0.3 is 15.0 Å². The van der Waals surface area contributed by atoms with Gasteiger partial charge in [0, 0.05) is 19.1 Å². The fourth-order valence-electron chi connectivity index (χ4n) is 2.22. The third kappa shape index (κ3) is 4.04. The smallest absolute Gasteiger partial charge is 0.409 e. The van der Waals surface area contributed by atoms with Gasteiger partial charge in [-0.25, -0.2) is 9.78 Å². The van der Waals surface area contributed by atoms with Crippen LogP contribution in [0, 0.1) is 4.91 Å². The van der Waals surface area contributed by atoms with Crippen molar-refractivity contribution >= 4 is 29.2 Å². The van der Waals surface area contributed by atoms with Crippen LogP contribution in [0.3, 0.4) is 0 Å². The van der Waals surface area contributed by atoms with E-state index in [1.807, 2.05) is 0 Å². The molecule has 1 aliphatic heterocycles. The molecule has 0 saturated carbocycles. The van der Waals surface area contributed by atoms with Crippen LogP contribution >= 0.6 is 11.6 Å². The van der Waals surface area contributed by atoms with Gasteiger partial charge in [0.05, 0.1) is 6.61 Å². The van der Waals surface area contributed by atoms with Gasteiger partial charge in [-0.2, -0.15) is 0 Å². The Morgan fingerprint density at radius 2 is 2.24 bits per heavy atom. The van der Waals surface area contributed by atoms with E-state index in [9.17, 15) is 9.70 Å². The van der Waals surface area contributed by atoms with Crippen molar-refractivity contribution in [2.75, 3.05) is 25.0 Å². The van der Waals surface area contributed by atoms with Crippen molar-refractivity contribution in [3.8, 4) is 0 Å². The van der Waals surface area contributed by atoms with Crippen LogP contribution in [0.5, 0.6) is 0 Å². The van der Waals surface area contributed by atoms with Crippen molar-refractivity contribution in [3.05, 3.63) is 22.2 Å². The van der Waals surface area contributed by atoms with Crippen LogP contribution in [-0.4, -0.2) is 41.7 Å². The Labute approximate surface area is 127 Å². The Morgan fingerprint density at radius 3 is 2.86 bits per heavy atom. The van der Waals surface area contributed by atoms with Crippen LogP contribution in [-0.2, 0) is 4.74 Å². The summed E-state index contributed by atoms with van der Waals surface area (Å²) in [6.07, 6.45) is 1.20. The molecule has 2 rings (SSSR count). The van der Waals surface area contributed by atoms with Gasteiger partial charge in [-0.1, -0.05) is 11.6 Å². The third-order valence-corrected chi connectivity index (χ3v) is 3.51. The predicted octanol–water partition coefficient (Wildman–Crippen LogP) is 3.17. The second-order valence-corrected chi connectivity index (χ2v) is 5.08. The maximum absolute atomic E-state index is 11.6. The molecule has 0 spiro atoms. The highest BCUT2D eigenvalue weighted by Gasteiger charge is 2.24. The first-order valence-electron chi connectivity index (χ1n) is 6.82. The van der Waals surface area contributed by atoms with Crippen molar-refractivity contribution < 1.29 is 9.53 Å². The third-order valence-electron chi connectivity index (χ3n) is 3.30. The molecule has 1 aromatic heterocycles. The Hall–Kier alpha value is -1.89. The molecule has 0 radical (unpaired) electrons. The van der Waals surface area contributed by atoms with Crippen LogP contribution < -0.4 is 5.32 Å². The van der Waals surface area contributed by atoms with E-state index in [4.69, 9.17) is 16.3 Å². The number of pyridine rings is 1. The highest BCUT2D eigenvalue weighted by atomic mass is 35.5. The second-order valence-electron chi connectivity index (χ2n) is 4.70. The fourth-order valence-corrected chi connectivity index (χ4v) is 2.37. The first-order chi connectivity index (χ1) is 10.1. The SMILES string of the molecule is CCOC(=O)N1CCC(Nc2nc(Cl)ccc2N=O)CC1. The molecule has 1 amide bonds. The van der Waals surface area contributed by atoms with Gasteiger partial charge in [-0.3, -0.25) is 0 Å². The molecule has 114 valence electrons. The molecule has 8 heteroatoms.